The van der Waals surface area contributed by atoms with Crippen molar-refractivity contribution < 1.29 is 0 Å². The fourth-order valence-electron chi connectivity index (χ4n) is 1.36. The summed E-state index contributed by atoms with van der Waals surface area (Å²) < 4.78 is 0. The quantitative estimate of drug-likeness (QED) is 0.434. The van der Waals surface area contributed by atoms with Gasteiger partial charge in [0.2, 0.25) is 0 Å². The molecule has 51 valence electrons. The summed E-state index contributed by atoms with van der Waals surface area (Å²) in [6.07, 6.45) is 0. The second kappa shape index (κ2) is 2.91. The first-order chi connectivity index (χ1) is 4.24. The maximum atomic E-state index is 2.36. The van der Waals surface area contributed by atoms with Crippen LogP contribution >= 0.6 is 0 Å². The van der Waals surface area contributed by atoms with Crippen LogP contribution in [0.4, 0.5) is 0 Å². The Kier molecular flexibility index (Phi) is 2.39. The molecule has 0 saturated heterocycles. The van der Waals surface area contributed by atoms with E-state index in [4.69, 9.17) is 0 Å². The third kappa shape index (κ3) is 1.60. The van der Waals surface area contributed by atoms with E-state index < -0.39 is 14.3 Å². The van der Waals surface area contributed by atoms with E-state index in [1.807, 2.05) is 0 Å². The molecule has 0 fully saturated rings. The predicted molar refractivity (Wildman–Crippen MR) is 44.2 cm³/mol. The Bertz CT molecular complexity index is 122. The van der Waals surface area contributed by atoms with E-state index in [9.17, 15) is 0 Å². The zero-order chi connectivity index (χ0) is 6.85. The van der Waals surface area contributed by atoms with Gasteiger partial charge in [-0.15, -0.1) is 0 Å². The van der Waals surface area contributed by atoms with Crippen molar-refractivity contribution in [1.82, 2.24) is 0 Å². The summed E-state index contributed by atoms with van der Waals surface area (Å²) in [5.74, 6) is 0. The van der Waals surface area contributed by atoms with Gasteiger partial charge in [-0.1, -0.05) is 0 Å². The number of hydrogen-bond acceptors (Lipinski definition) is 0. The number of allylic oxidation sites excluding steroid dienone is 2. The van der Waals surface area contributed by atoms with Crippen LogP contribution in [-0.4, -0.2) is 14.3 Å². The van der Waals surface area contributed by atoms with Crippen molar-refractivity contribution in [3.63, 3.8) is 0 Å². The van der Waals surface area contributed by atoms with E-state index in [0.29, 0.717) is 0 Å². The fourth-order valence-corrected chi connectivity index (χ4v) is 7.09. The molecule has 0 amide bonds. The van der Waals surface area contributed by atoms with Crippen LogP contribution < -0.4 is 0 Å². The van der Waals surface area contributed by atoms with Crippen LogP contribution in [0.15, 0.2) is 11.1 Å². The van der Waals surface area contributed by atoms with E-state index >= 15 is 0 Å². The molecule has 0 aromatic carbocycles. The summed E-state index contributed by atoms with van der Waals surface area (Å²) in [6, 6.07) is 0. The van der Waals surface area contributed by atoms with E-state index in [0.717, 1.165) is 0 Å². The number of hydrogen-bond donors (Lipinski definition) is 0. The average Bonchev–Trinajstić information content (AvgIpc) is 2.13. The minimum atomic E-state index is -0.495. The first kappa shape index (κ1) is 7.39. The van der Waals surface area contributed by atoms with E-state index in [1.165, 1.54) is 15.8 Å². The van der Waals surface area contributed by atoms with Crippen LogP contribution in [0.1, 0.15) is 20.8 Å². The Morgan fingerprint density at radius 1 is 1.22 bits per heavy atom. The van der Waals surface area contributed by atoms with Gasteiger partial charge in [0.1, 0.15) is 0 Å². The van der Waals surface area contributed by atoms with E-state index in [-0.39, 0.29) is 0 Å². The van der Waals surface area contributed by atoms with Gasteiger partial charge in [0.25, 0.3) is 0 Å². The third-order valence-electron chi connectivity index (χ3n) is 2.26. The molecule has 0 N–H and O–H groups in total. The Morgan fingerprint density at radius 2 is 1.67 bits per heavy atom. The molecule has 0 aromatic rings. The summed E-state index contributed by atoms with van der Waals surface area (Å²) >= 11 is -0.495. The monoisotopic (exact) mass is 185 g/mol. The van der Waals surface area contributed by atoms with Crippen molar-refractivity contribution in [2.75, 3.05) is 0 Å². The van der Waals surface area contributed by atoms with Gasteiger partial charge in [0.15, 0.2) is 0 Å². The zero-order valence-corrected chi connectivity index (χ0v) is 8.72. The molecule has 1 rings (SSSR count). The topological polar surface area (TPSA) is 0 Å². The van der Waals surface area contributed by atoms with Crippen LogP contribution in [0.5, 0.6) is 0 Å². The second-order valence-electron chi connectivity index (χ2n) is 3.02. The van der Waals surface area contributed by atoms with Gasteiger partial charge in [0.05, 0.1) is 0 Å². The van der Waals surface area contributed by atoms with Gasteiger partial charge < -0.3 is 0 Å². The molecule has 0 aliphatic carbocycles. The minimum absolute atomic E-state index is 0.495. The van der Waals surface area contributed by atoms with Crippen LogP contribution in [-0.2, 0) is 0 Å². The molecule has 0 unspecified atom stereocenters. The van der Waals surface area contributed by atoms with Crippen molar-refractivity contribution in [3.05, 3.63) is 11.1 Å². The van der Waals surface area contributed by atoms with Gasteiger partial charge in [-0.05, 0) is 0 Å². The van der Waals surface area contributed by atoms with Crippen molar-refractivity contribution in [2.24, 2.45) is 0 Å². The van der Waals surface area contributed by atoms with Crippen molar-refractivity contribution in [1.29, 1.82) is 0 Å². The average molecular weight is 184 g/mol. The van der Waals surface area contributed by atoms with Gasteiger partial charge in [-0.2, -0.15) is 0 Å². The Balaban J connectivity index is 2.48. The molecule has 1 aliphatic heterocycles. The van der Waals surface area contributed by atoms with Crippen LogP contribution in [0, 0.1) is 0 Å². The molecule has 0 aromatic heterocycles. The van der Waals surface area contributed by atoms with Crippen LogP contribution in [0.25, 0.3) is 0 Å². The van der Waals surface area contributed by atoms with Crippen molar-refractivity contribution >= 4 is 14.3 Å². The normalized spacial score (nSPS) is 21.7. The van der Waals surface area contributed by atoms with Crippen molar-refractivity contribution in [2.45, 2.75) is 36.5 Å². The predicted octanol–water partition coefficient (Wildman–Crippen LogP) is 2.85. The van der Waals surface area contributed by atoms with Gasteiger partial charge in [-0.25, -0.2) is 0 Å². The Hall–Kier alpha value is 0.283. The Morgan fingerprint density at radius 3 is 1.89 bits per heavy atom. The van der Waals surface area contributed by atoms with E-state index in [2.05, 4.69) is 20.8 Å². The number of rotatable bonds is 1. The summed E-state index contributed by atoms with van der Waals surface area (Å²) in [6.45, 7) is 6.98. The molecule has 0 atom stereocenters. The maximum absolute atomic E-state index is 2.36. The van der Waals surface area contributed by atoms with Gasteiger partial charge >= 0.3 is 62.0 Å². The first-order valence-corrected chi connectivity index (χ1v) is 8.18. The molecule has 0 saturated carbocycles. The van der Waals surface area contributed by atoms with Crippen LogP contribution in [0.2, 0.25) is 15.8 Å². The summed E-state index contributed by atoms with van der Waals surface area (Å²) in [5, 5.41) is 4.58. The molecule has 1 radical (unpaired) electrons. The van der Waals surface area contributed by atoms with Crippen LogP contribution in [0.3, 0.4) is 0 Å². The summed E-state index contributed by atoms with van der Waals surface area (Å²) in [4.78, 5) is 0. The molecular formula is C8H15Ge. The molecule has 0 bridgehead atoms. The van der Waals surface area contributed by atoms with Gasteiger partial charge in [0, 0.05) is 0 Å². The standard InChI is InChI=1S/C8H15Ge/c1-4-9-5-7(2)8(3)6-9/h4-6H2,1-3H3. The molecular weight excluding hydrogens is 169 g/mol. The van der Waals surface area contributed by atoms with E-state index in [1.54, 1.807) is 11.1 Å². The summed E-state index contributed by atoms with van der Waals surface area (Å²) in [5.41, 5.74) is 3.43. The molecule has 9 heavy (non-hydrogen) atoms. The third-order valence-corrected chi connectivity index (χ3v) is 8.68. The molecule has 1 heteroatoms. The molecule has 1 heterocycles. The van der Waals surface area contributed by atoms with Gasteiger partial charge in [-0.3, -0.25) is 0 Å². The Labute approximate surface area is 62.4 Å². The summed E-state index contributed by atoms with van der Waals surface area (Å²) in [7, 11) is 0. The SMILES string of the molecule is C[CH2][Ge]1[CH2]C(C)=C(C)[CH2]1. The zero-order valence-electron chi connectivity index (χ0n) is 6.62. The molecule has 0 nitrogen and oxygen atoms in total. The second-order valence-corrected chi connectivity index (χ2v) is 9.13. The first-order valence-electron chi connectivity index (χ1n) is 3.72. The fraction of sp³-hybridized carbons (Fsp3) is 0.750. The molecule has 1 aliphatic rings. The van der Waals surface area contributed by atoms with Crippen molar-refractivity contribution in [3.8, 4) is 0 Å². The molecule has 0 spiro atoms.